The second kappa shape index (κ2) is 10.5. The molecule has 2 aromatic carbocycles. The first kappa shape index (κ1) is 20.7. The maximum Gasteiger partial charge on any atom is 0.235 e. The number of rotatable bonds is 7. The molecule has 1 aliphatic heterocycles. The fourth-order valence-corrected chi connectivity index (χ4v) is 4.62. The summed E-state index contributed by atoms with van der Waals surface area (Å²) in [5.41, 5.74) is 2.41. The molecule has 0 aliphatic carbocycles. The average Bonchev–Trinajstić information content (AvgIpc) is 3.22. The van der Waals surface area contributed by atoms with Gasteiger partial charge >= 0.3 is 0 Å². The van der Waals surface area contributed by atoms with Crippen LogP contribution in [0.3, 0.4) is 0 Å². The van der Waals surface area contributed by atoms with Gasteiger partial charge in [0.1, 0.15) is 11.0 Å². The number of hydrogen-bond donors (Lipinski definition) is 1. The maximum atomic E-state index is 12.9. The molecule has 2 heterocycles. The molecule has 1 fully saturated rings. The van der Waals surface area contributed by atoms with Crippen molar-refractivity contribution in [3.8, 4) is 0 Å². The Kier molecular flexibility index (Phi) is 7.24. The van der Waals surface area contributed by atoms with Gasteiger partial charge in [0.05, 0.1) is 6.54 Å². The second-order valence-corrected chi connectivity index (χ2v) is 8.60. The Morgan fingerprint density at radius 1 is 0.967 bits per heavy atom. The number of thiazole rings is 1. The highest BCUT2D eigenvalue weighted by Crippen LogP contribution is 2.23. The van der Waals surface area contributed by atoms with Crippen molar-refractivity contribution in [2.24, 2.45) is 0 Å². The lowest BCUT2D eigenvalue weighted by molar-refractivity contribution is -0.122. The molecule has 1 unspecified atom stereocenters. The van der Waals surface area contributed by atoms with Gasteiger partial charge in [-0.15, -0.1) is 11.3 Å². The number of nitrogens with one attached hydrogen (secondary N) is 1. The molecule has 1 aromatic heterocycles. The second-order valence-electron chi connectivity index (χ2n) is 7.67. The summed E-state index contributed by atoms with van der Waals surface area (Å²) in [7, 11) is 0. The van der Waals surface area contributed by atoms with Crippen LogP contribution < -0.4 is 5.32 Å². The van der Waals surface area contributed by atoms with Crippen molar-refractivity contribution in [1.82, 2.24) is 20.1 Å². The molecule has 3 aromatic rings. The van der Waals surface area contributed by atoms with Crippen LogP contribution in [0.4, 0.5) is 0 Å². The van der Waals surface area contributed by atoms with E-state index in [0.717, 1.165) is 49.7 Å². The van der Waals surface area contributed by atoms with E-state index in [1.54, 1.807) is 17.5 Å². The van der Waals surface area contributed by atoms with Crippen molar-refractivity contribution in [1.29, 1.82) is 0 Å². The van der Waals surface area contributed by atoms with E-state index in [9.17, 15) is 4.79 Å². The molecule has 0 saturated carbocycles. The van der Waals surface area contributed by atoms with Crippen LogP contribution in [0.5, 0.6) is 0 Å². The van der Waals surface area contributed by atoms with Gasteiger partial charge in [-0.05, 0) is 30.6 Å². The van der Waals surface area contributed by atoms with Gasteiger partial charge in [-0.25, -0.2) is 4.98 Å². The number of nitrogens with zero attached hydrogens (tertiary/aromatic N) is 3. The fourth-order valence-electron chi connectivity index (χ4n) is 3.90. The molecule has 4 rings (SSSR count). The number of aromatic nitrogens is 1. The molecular formula is C24H28N4OS. The highest BCUT2D eigenvalue weighted by Gasteiger charge is 2.22. The third-order valence-corrected chi connectivity index (χ3v) is 6.27. The monoisotopic (exact) mass is 420 g/mol. The minimum Gasteiger partial charge on any atom is -0.342 e. The highest BCUT2D eigenvalue weighted by atomic mass is 32.1. The van der Waals surface area contributed by atoms with E-state index in [1.165, 1.54) is 5.56 Å². The van der Waals surface area contributed by atoms with Crippen LogP contribution in [0.15, 0.2) is 72.2 Å². The summed E-state index contributed by atoms with van der Waals surface area (Å²) in [5, 5.41) is 6.08. The van der Waals surface area contributed by atoms with Crippen LogP contribution in [0.2, 0.25) is 0 Å². The zero-order chi connectivity index (χ0) is 20.6. The summed E-state index contributed by atoms with van der Waals surface area (Å²) < 4.78 is 0. The Balaban J connectivity index is 1.33. The molecule has 1 aliphatic rings. The molecule has 1 amide bonds. The van der Waals surface area contributed by atoms with E-state index in [0.29, 0.717) is 6.54 Å². The van der Waals surface area contributed by atoms with Gasteiger partial charge < -0.3 is 5.32 Å². The van der Waals surface area contributed by atoms with E-state index < -0.39 is 0 Å². The molecule has 156 valence electrons. The molecule has 5 nitrogen and oxygen atoms in total. The van der Waals surface area contributed by atoms with Gasteiger partial charge in [0, 0.05) is 31.2 Å². The van der Waals surface area contributed by atoms with E-state index >= 15 is 0 Å². The van der Waals surface area contributed by atoms with E-state index in [2.05, 4.69) is 50.4 Å². The molecule has 1 N–H and O–H groups in total. The van der Waals surface area contributed by atoms with Gasteiger partial charge in [0.15, 0.2) is 0 Å². The summed E-state index contributed by atoms with van der Waals surface area (Å²) in [4.78, 5) is 22.1. The molecular weight excluding hydrogens is 392 g/mol. The molecule has 6 heteroatoms. The third kappa shape index (κ3) is 5.75. The number of benzene rings is 2. The van der Waals surface area contributed by atoms with Crippen molar-refractivity contribution < 1.29 is 4.79 Å². The van der Waals surface area contributed by atoms with Crippen molar-refractivity contribution in [2.45, 2.75) is 19.0 Å². The SMILES string of the molecule is O=C(CN1CCCN(Cc2ccccc2)CC1)NC(c1ccccc1)c1nccs1. The standard InChI is InChI=1S/C24H28N4OS/c29-22(26-23(24-25-12-17-30-24)21-10-5-2-6-11-21)19-28-14-7-13-27(15-16-28)18-20-8-3-1-4-9-20/h1-6,8-12,17,23H,7,13-16,18-19H2,(H,26,29). The summed E-state index contributed by atoms with van der Waals surface area (Å²) in [6, 6.07) is 20.5. The van der Waals surface area contributed by atoms with E-state index in [-0.39, 0.29) is 11.9 Å². The van der Waals surface area contributed by atoms with Crippen molar-refractivity contribution >= 4 is 17.2 Å². The van der Waals surface area contributed by atoms with Crippen molar-refractivity contribution in [3.05, 3.63) is 88.4 Å². The minimum absolute atomic E-state index is 0.0514. The lowest BCUT2D eigenvalue weighted by Crippen LogP contribution is -2.40. The topological polar surface area (TPSA) is 48.5 Å². The molecule has 0 bridgehead atoms. The molecule has 1 saturated heterocycles. The molecule has 0 radical (unpaired) electrons. The van der Waals surface area contributed by atoms with Crippen LogP contribution in [-0.4, -0.2) is 53.4 Å². The van der Waals surface area contributed by atoms with Crippen LogP contribution >= 0.6 is 11.3 Å². The van der Waals surface area contributed by atoms with Gasteiger partial charge in [-0.2, -0.15) is 0 Å². The fraction of sp³-hybridized carbons (Fsp3) is 0.333. The first-order valence-corrected chi connectivity index (χ1v) is 11.4. The highest BCUT2D eigenvalue weighted by molar-refractivity contribution is 7.09. The van der Waals surface area contributed by atoms with E-state index in [1.807, 2.05) is 35.7 Å². The van der Waals surface area contributed by atoms with Crippen LogP contribution in [0.25, 0.3) is 0 Å². The zero-order valence-electron chi connectivity index (χ0n) is 17.1. The van der Waals surface area contributed by atoms with Gasteiger partial charge in [0.25, 0.3) is 0 Å². The minimum atomic E-state index is -0.194. The van der Waals surface area contributed by atoms with Gasteiger partial charge in [-0.1, -0.05) is 60.7 Å². The Hall–Kier alpha value is -2.54. The summed E-state index contributed by atoms with van der Waals surface area (Å²) in [6.07, 6.45) is 2.87. The lowest BCUT2D eigenvalue weighted by Gasteiger charge is -2.23. The Morgan fingerprint density at radius 3 is 2.40 bits per heavy atom. The van der Waals surface area contributed by atoms with Gasteiger partial charge in [-0.3, -0.25) is 14.6 Å². The predicted molar refractivity (Wildman–Crippen MR) is 121 cm³/mol. The largest absolute Gasteiger partial charge is 0.342 e. The first-order chi connectivity index (χ1) is 14.8. The summed E-state index contributed by atoms with van der Waals surface area (Å²) in [6.45, 7) is 5.31. The first-order valence-electron chi connectivity index (χ1n) is 10.5. The Bertz CT molecular complexity index is 901. The third-order valence-electron chi connectivity index (χ3n) is 5.43. The number of hydrogen-bond acceptors (Lipinski definition) is 5. The zero-order valence-corrected chi connectivity index (χ0v) is 17.9. The smallest absolute Gasteiger partial charge is 0.235 e. The van der Waals surface area contributed by atoms with Gasteiger partial charge in [0.2, 0.25) is 5.91 Å². The van der Waals surface area contributed by atoms with E-state index in [4.69, 9.17) is 0 Å². The quantitative estimate of drug-likeness (QED) is 0.635. The normalized spacial score (nSPS) is 16.7. The Morgan fingerprint density at radius 2 is 1.67 bits per heavy atom. The Labute approximate surface area is 182 Å². The number of carbonyl (C=O) groups is 1. The lowest BCUT2D eigenvalue weighted by atomic mass is 10.1. The number of carbonyl (C=O) groups excluding carboxylic acids is 1. The van der Waals surface area contributed by atoms with Crippen LogP contribution in [0, 0.1) is 0 Å². The average molecular weight is 421 g/mol. The maximum absolute atomic E-state index is 12.9. The predicted octanol–water partition coefficient (Wildman–Crippen LogP) is 3.56. The molecule has 0 spiro atoms. The molecule has 30 heavy (non-hydrogen) atoms. The van der Waals surface area contributed by atoms with Crippen molar-refractivity contribution in [2.75, 3.05) is 32.7 Å². The summed E-state index contributed by atoms with van der Waals surface area (Å²) in [5.74, 6) is 0.0514. The van der Waals surface area contributed by atoms with Crippen molar-refractivity contribution in [3.63, 3.8) is 0 Å². The van der Waals surface area contributed by atoms with Crippen LogP contribution in [-0.2, 0) is 11.3 Å². The number of amides is 1. The summed E-state index contributed by atoms with van der Waals surface area (Å²) >= 11 is 1.57. The van der Waals surface area contributed by atoms with Crippen LogP contribution in [0.1, 0.15) is 28.6 Å². The molecule has 1 atom stereocenters.